The number of ether oxygens (including phenoxy) is 1. The topological polar surface area (TPSA) is 48.1 Å². The first kappa shape index (κ1) is 11.4. The van der Waals surface area contributed by atoms with E-state index in [1.807, 2.05) is 6.92 Å². The van der Waals surface area contributed by atoms with Crippen LogP contribution in [0.25, 0.3) is 0 Å². The van der Waals surface area contributed by atoms with E-state index in [9.17, 15) is 4.39 Å². The lowest BCUT2D eigenvalue weighted by Gasteiger charge is -2.09. The predicted octanol–water partition coefficient (Wildman–Crippen LogP) is 3.21. The lowest BCUT2D eigenvalue weighted by Crippen LogP contribution is -1.98. The van der Waals surface area contributed by atoms with Crippen LogP contribution in [-0.4, -0.2) is 4.98 Å². The molecule has 88 valence electrons. The molecule has 1 heterocycles. The van der Waals surface area contributed by atoms with Crippen LogP contribution in [0.4, 0.5) is 10.1 Å². The summed E-state index contributed by atoms with van der Waals surface area (Å²) in [6.07, 6.45) is 0. The number of nitrogens with two attached hydrogens (primary N) is 1. The van der Waals surface area contributed by atoms with Crippen molar-refractivity contribution in [2.45, 2.75) is 13.8 Å². The highest BCUT2D eigenvalue weighted by atomic mass is 19.1. The number of nitrogens with zero attached hydrogens (tertiary/aromatic N) is 1. The van der Waals surface area contributed by atoms with Gasteiger partial charge in [-0.1, -0.05) is 12.1 Å². The normalized spacial score (nSPS) is 10.3. The highest BCUT2D eigenvalue weighted by Crippen LogP contribution is 2.28. The number of benzene rings is 1. The highest BCUT2D eigenvalue weighted by Gasteiger charge is 2.10. The minimum Gasteiger partial charge on any atom is -0.434 e. The van der Waals surface area contributed by atoms with Gasteiger partial charge in [0.2, 0.25) is 5.88 Å². The minimum absolute atomic E-state index is 0.134. The Hall–Kier alpha value is -2.10. The molecule has 2 rings (SSSR count). The molecule has 0 bridgehead atoms. The summed E-state index contributed by atoms with van der Waals surface area (Å²) in [5.41, 5.74) is 7.39. The van der Waals surface area contributed by atoms with Gasteiger partial charge in [-0.05, 0) is 37.6 Å². The third-order valence-corrected chi connectivity index (χ3v) is 2.39. The monoisotopic (exact) mass is 232 g/mol. The van der Waals surface area contributed by atoms with Crippen molar-refractivity contribution in [2.75, 3.05) is 5.73 Å². The zero-order valence-electron chi connectivity index (χ0n) is 9.70. The molecule has 0 fully saturated rings. The van der Waals surface area contributed by atoms with E-state index in [0.717, 1.165) is 5.69 Å². The van der Waals surface area contributed by atoms with Crippen molar-refractivity contribution in [3.63, 3.8) is 0 Å². The average molecular weight is 232 g/mol. The van der Waals surface area contributed by atoms with Gasteiger partial charge in [0, 0.05) is 5.69 Å². The van der Waals surface area contributed by atoms with Gasteiger partial charge in [0.1, 0.15) is 0 Å². The average Bonchev–Trinajstić information content (AvgIpc) is 2.30. The lowest BCUT2D eigenvalue weighted by atomic mass is 10.2. The fourth-order valence-corrected chi connectivity index (χ4v) is 1.43. The van der Waals surface area contributed by atoms with Crippen molar-refractivity contribution in [2.24, 2.45) is 0 Å². The Morgan fingerprint density at radius 2 is 1.94 bits per heavy atom. The largest absolute Gasteiger partial charge is 0.434 e. The lowest BCUT2D eigenvalue weighted by molar-refractivity contribution is 0.427. The molecular weight excluding hydrogens is 219 g/mol. The SMILES string of the molecule is Cc1ccc(N)c(Oc2cccc(C)c2F)n1. The summed E-state index contributed by atoms with van der Waals surface area (Å²) in [5.74, 6) is -0.0282. The Kier molecular flexibility index (Phi) is 2.95. The molecule has 0 aliphatic rings. The van der Waals surface area contributed by atoms with Crippen molar-refractivity contribution >= 4 is 5.69 Å². The van der Waals surface area contributed by atoms with Gasteiger partial charge in [-0.3, -0.25) is 0 Å². The molecule has 3 nitrogen and oxygen atoms in total. The zero-order chi connectivity index (χ0) is 12.4. The van der Waals surface area contributed by atoms with Crippen molar-refractivity contribution in [3.05, 3.63) is 47.4 Å². The van der Waals surface area contributed by atoms with Crippen LogP contribution >= 0.6 is 0 Å². The number of hydrogen-bond donors (Lipinski definition) is 1. The summed E-state index contributed by atoms with van der Waals surface area (Å²) < 4.78 is 19.1. The summed E-state index contributed by atoms with van der Waals surface area (Å²) >= 11 is 0. The number of aryl methyl sites for hydroxylation is 2. The molecule has 1 aromatic heterocycles. The van der Waals surface area contributed by atoms with Crippen LogP contribution < -0.4 is 10.5 Å². The van der Waals surface area contributed by atoms with Gasteiger partial charge in [-0.2, -0.15) is 0 Å². The first-order valence-electron chi connectivity index (χ1n) is 5.24. The number of pyridine rings is 1. The standard InChI is InChI=1S/C13H13FN2O/c1-8-4-3-5-11(12(8)14)17-13-10(15)7-6-9(2)16-13/h3-7H,15H2,1-2H3. The highest BCUT2D eigenvalue weighted by molar-refractivity contribution is 5.50. The van der Waals surface area contributed by atoms with Crippen LogP contribution in [0.5, 0.6) is 11.6 Å². The minimum atomic E-state index is -0.393. The van der Waals surface area contributed by atoms with Crippen molar-refractivity contribution in [3.8, 4) is 11.6 Å². The first-order chi connectivity index (χ1) is 8.08. The summed E-state index contributed by atoms with van der Waals surface area (Å²) in [5, 5.41) is 0. The molecule has 17 heavy (non-hydrogen) atoms. The number of hydrogen-bond acceptors (Lipinski definition) is 3. The van der Waals surface area contributed by atoms with Gasteiger partial charge in [0.25, 0.3) is 0 Å². The quantitative estimate of drug-likeness (QED) is 0.864. The maximum Gasteiger partial charge on any atom is 0.243 e. The van der Waals surface area contributed by atoms with Crippen molar-refractivity contribution in [1.29, 1.82) is 0 Å². The molecule has 4 heteroatoms. The van der Waals surface area contributed by atoms with E-state index < -0.39 is 5.82 Å². The fourth-order valence-electron chi connectivity index (χ4n) is 1.43. The van der Waals surface area contributed by atoms with Gasteiger partial charge in [-0.15, -0.1) is 0 Å². The number of halogens is 1. The van der Waals surface area contributed by atoms with Gasteiger partial charge >= 0.3 is 0 Å². The van der Waals surface area contributed by atoms with Crippen LogP contribution in [0.1, 0.15) is 11.3 Å². The van der Waals surface area contributed by atoms with Crippen LogP contribution in [0.2, 0.25) is 0 Å². The van der Waals surface area contributed by atoms with Gasteiger partial charge < -0.3 is 10.5 Å². The van der Waals surface area contributed by atoms with Gasteiger partial charge in [0.05, 0.1) is 5.69 Å². The van der Waals surface area contributed by atoms with Gasteiger partial charge in [0.15, 0.2) is 11.6 Å². The van der Waals surface area contributed by atoms with Crippen LogP contribution in [0, 0.1) is 19.7 Å². The molecule has 2 N–H and O–H groups in total. The maximum atomic E-state index is 13.7. The number of aromatic nitrogens is 1. The Labute approximate surface area is 99.1 Å². The molecule has 0 aliphatic carbocycles. The zero-order valence-corrected chi connectivity index (χ0v) is 9.70. The molecule has 0 spiro atoms. The van der Waals surface area contributed by atoms with Crippen molar-refractivity contribution in [1.82, 2.24) is 4.98 Å². The molecule has 1 aromatic carbocycles. The van der Waals surface area contributed by atoms with E-state index in [4.69, 9.17) is 10.5 Å². The third kappa shape index (κ3) is 2.36. The van der Waals surface area contributed by atoms with Crippen LogP contribution in [0.3, 0.4) is 0 Å². The number of nitrogen functional groups attached to an aromatic ring is 1. The second kappa shape index (κ2) is 4.41. The summed E-state index contributed by atoms with van der Waals surface area (Å²) in [6, 6.07) is 8.40. The Morgan fingerprint density at radius 3 is 2.71 bits per heavy atom. The molecule has 0 aliphatic heterocycles. The Morgan fingerprint density at radius 1 is 1.18 bits per heavy atom. The molecule has 0 saturated heterocycles. The fraction of sp³-hybridized carbons (Fsp3) is 0.154. The molecule has 0 saturated carbocycles. The summed E-state index contributed by atoms with van der Waals surface area (Å²) in [7, 11) is 0. The summed E-state index contributed by atoms with van der Waals surface area (Å²) in [6.45, 7) is 3.49. The van der Waals surface area contributed by atoms with E-state index >= 15 is 0 Å². The molecule has 0 unspecified atom stereocenters. The van der Waals surface area contributed by atoms with E-state index in [1.165, 1.54) is 0 Å². The third-order valence-electron chi connectivity index (χ3n) is 2.39. The van der Waals surface area contributed by atoms with E-state index in [2.05, 4.69) is 4.98 Å². The van der Waals surface area contributed by atoms with Crippen LogP contribution in [0.15, 0.2) is 30.3 Å². The Bertz CT molecular complexity index is 555. The molecule has 2 aromatic rings. The Balaban J connectivity index is 2.38. The number of rotatable bonds is 2. The van der Waals surface area contributed by atoms with E-state index in [0.29, 0.717) is 11.3 Å². The smallest absolute Gasteiger partial charge is 0.243 e. The predicted molar refractivity (Wildman–Crippen MR) is 64.6 cm³/mol. The van der Waals surface area contributed by atoms with Gasteiger partial charge in [-0.25, -0.2) is 9.37 Å². The molecule has 0 amide bonds. The second-order valence-electron chi connectivity index (χ2n) is 3.84. The second-order valence-corrected chi connectivity index (χ2v) is 3.84. The van der Waals surface area contributed by atoms with Crippen LogP contribution in [-0.2, 0) is 0 Å². The first-order valence-corrected chi connectivity index (χ1v) is 5.24. The molecular formula is C13H13FN2O. The van der Waals surface area contributed by atoms with Crippen molar-refractivity contribution < 1.29 is 9.13 Å². The molecule has 0 radical (unpaired) electrons. The maximum absolute atomic E-state index is 13.7. The molecule has 0 atom stereocenters. The van der Waals surface area contributed by atoms with E-state index in [-0.39, 0.29) is 11.6 Å². The number of anilines is 1. The summed E-state index contributed by atoms with van der Waals surface area (Å²) in [4.78, 5) is 4.12. The van der Waals surface area contributed by atoms with E-state index in [1.54, 1.807) is 37.3 Å².